The van der Waals surface area contributed by atoms with Crippen molar-refractivity contribution >= 4 is 17.9 Å². The lowest BCUT2D eigenvalue weighted by Gasteiger charge is -2.18. The highest BCUT2D eigenvalue weighted by Crippen LogP contribution is 2.16. The SMILES string of the molecule is CCCCCCCCCCCCCCCCCC(=O)OC[C@@H](COC(=O)CCCCCCCCCCCC)OC(=O)CCCCCCCCCCC. The first-order valence-corrected chi connectivity index (χ1v) is 23.0. The average Bonchev–Trinajstić information content (AvgIpc) is 3.14. The van der Waals surface area contributed by atoms with E-state index in [2.05, 4.69) is 20.8 Å². The van der Waals surface area contributed by atoms with Gasteiger partial charge in [-0.2, -0.15) is 0 Å². The van der Waals surface area contributed by atoms with Gasteiger partial charge in [0.2, 0.25) is 0 Å². The van der Waals surface area contributed by atoms with Crippen LogP contribution in [0, 0.1) is 0 Å². The number of esters is 3. The molecule has 0 aromatic heterocycles. The molecule has 6 heteroatoms. The van der Waals surface area contributed by atoms with Crippen molar-refractivity contribution in [2.45, 2.75) is 264 Å². The highest BCUT2D eigenvalue weighted by molar-refractivity contribution is 5.71. The van der Waals surface area contributed by atoms with E-state index in [1.54, 1.807) is 0 Å². The molecule has 0 bridgehead atoms. The van der Waals surface area contributed by atoms with Crippen LogP contribution in [0.1, 0.15) is 258 Å². The molecule has 6 nitrogen and oxygen atoms in total. The third-order valence-corrected chi connectivity index (χ3v) is 10.4. The zero-order valence-corrected chi connectivity index (χ0v) is 35.1. The van der Waals surface area contributed by atoms with Crippen LogP contribution in [0.3, 0.4) is 0 Å². The minimum Gasteiger partial charge on any atom is -0.462 e. The predicted molar refractivity (Wildman–Crippen MR) is 220 cm³/mol. The van der Waals surface area contributed by atoms with Crippen LogP contribution in [0.25, 0.3) is 0 Å². The van der Waals surface area contributed by atoms with E-state index in [1.807, 2.05) is 0 Å². The first-order chi connectivity index (χ1) is 25.5. The fraction of sp³-hybridized carbons (Fsp3) is 0.935. The highest BCUT2D eigenvalue weighted by Gasteiger charge is 2.19. The van der Waals surface area contributed by atoms with E-state index in [1.165, 1.54) is 161 Å². The van der Waals surface area contributed by atoms with Gasteiger partial charge in [0.05, 0.1) is 0 Å². The Labute approximate surface area is 323 Å². The molecule has 0 saturated carbocycles. The molecule has 0 amide bonds. The molecule has 52 heavy (non-hydrogen) atoms. The molecule has 0 aliphatic rings. The van der Waals surface area contributed by atoms with E-state index in [4.69, 9.17) is 14.2 Å². The van der Waals surface area contributed by atoms with E-state index in [0.29, 0.717) is 19.3 Å². The van der Waals surface area contributed by atoms with Crippen molar-refractivity contribution in [2.75, 3.05) is 13.2 Å². The second-order valence-corrected chi connectivity index (χ2v) is 15.7. The summed E-state index contributed by atoms with van der Waals surface area (Å²) in [6.07, 6.45) is 42.3. The molecule has 0 heterocycles. The maximum absolute atomic E-state index is 12.6. The molecule has 0 rings (SSSR count). The van der Waals surface area contributed by atoms with Crippen LogP contribution < -0.4 is 0 Å². The Morgan fingerprint density at radius 2 is 0.519 bits per heavy atom. The van der Waals surface area contributed by atoms with Gasteiger partial charge in [0, 0.05) is 19.3 Å². The summed E-state index contributed by atoms with van der Waals surface area (Å²) in [5.74, 6) is -0.854. The highest BCUT2D eigenvalue weighted by atomic mass is 16.6. The van der Waals surface area contributed by atoms with Crippen molar-refractivity contribution < 1.29 is 28.6 Å². The second-order valence-electron chi connectivity index (χ2n) is 15.7. The summed E-state index contributed by atoms with van der Waals surface area (Å²) in [6, 6.07) is 0. The monoisotopic (exact) mass is 737 g/mol. The third-order valence-electron chi connectivity index (χ3n) is 10.4. The molecule has 0 aliphatic heterocycles. The molecule has 1 atom stereocenters. The lowest BCUT2D eigenvalue weighted by Crippen LogP contribution is -2.30. The van der Waals surface area contributed by atoms with E-state index < -0.39 is 6.10 Å². The molecular formula is C46H88O6. The van der Waals surface area contributed by atoms with Gasteiger partial charge in [-0.1, -0.05) is 220 Å². The van der Waals surface area contributed by atoms with Crippen molar-refractivity contribution in [3.05, 3.63) is 0 Å². The Morgan fingerprint density at radius 3 is 0.769 bits per heavy atom. The normalized spacial score (nSPS) is 11.8. The van der Waals surface area contributed by atoms with Crippen LogP contribution in [-0.2, 0) is 28.6 Å². The van der Waals surface area contributed by atoms with Gasteiger partial charge in [-0.3, -0.25) is 14.4 Å². The fourth-order valence-corrected chi connectivity index (χ4v) is 6.85. The first kappa shape index (κ1) is 50.4. The maximum Gasteiger partial charge on any atom is 0.306 e. The molecule has 0 aromatic rings. The molecule has 308 valence electrons. The molecule has 0 unspecified atom stereocenters. The van der Waals surface area contributed by atoms with E-state index in [0.717, 1.165) is 57.8 Å². The van der Waals surface area contributed by atoms with Crippen LogP contribution in [0.15, 0.2) is 0 Å². The van der Waals surface area contributed by atoms with Gasteiger partial charge in [-0.25, -0.2) is 0 Å². The topological polar surface area (TPSA) is 78.9 Å². The standard InChI is InChI=1S/C46H88O6/c1-4-7-10-13-16-19-21-22-23-24-25-28-30-33-36-39-45(48)51-42-43(52-46(49)40-37-34-31-26-18-15-12-9-6-3)41-50-44(47)38-35-32-29-27-20-17-14-11-8-5-2/h43H,4-42H2,1-3H3/t43-/m1/s1. The molecule has 0 N–H and O–H groups in total. The summed E-state index contributed by atoms with van der Waals surface area (Å²) in [4.78, 5) is 37.6. The summed E-state index contributed by atoms with van der Waals surface area (Å²) in [5.41, 5.74) is 0. The van der Waals surface area contributed by atoms with Crippen molar-refractivity contribution in [1.82, 2.24) is 0 Å². The summed E-state index contributed by atoms with van der Waals surface area (Å²) in [5, 5.41) is 0. The fourth-order valence-electron chi connectivity index (χ4n) is 6.85. The second kappa shape index (κ2) is 42.2. The first-order valence-electron chi connectivity index (χ1n) is 23.0. The predicted octanol–water partition coefficient (Wildman–Crippen LogP) is 14.5. The summed E-state index contributed by atoms with van der Waals surface area (Å²) in [6.45, 7) is 6.63. The molecule has 0 spiro atoms. The zero-order chi connectivity index (χ0) is 38.0. The third kappa shape index (κ3) is 39.6. The van der Waals surface area contributed by atoms with Crippen LogP contribution >= 0.6 is 0 Å². The Hall–Kier alpha value is -1.59. The zero-order valence-electron chi connectivity index (χ0n) is 35.1. The minimum atomic E-state index is -0.757. The van der Waals surface area contributed by atoms with E-state index in [-0.39, 0.29) is 31.1 Å². The number of rotatable bonds is 42. The Balaban J connectivity index is 4.26. The molecule has 0 saturated heterocycles. The van der Waals surface area contributed by atoms with Gasteiger partial charge in [0.1, 0.15) is 13.2 Å². The molecule has 0 aromatic carbocycles. The number of unbranched alkanes of at least 4 members (excludes halogenated alkanes) is 31. The van der Waals surface area contributed by atoms with Gasteiger partial charge in [-0.05, 0) is 19.3 Å². The number of carbonyl (C=O) groups excluding carboxylic acids is 3. The quantitative estimate of drug-likeness (QED) is 0.0353. The van der Waals surface area contributed by atoms with Crippen molar-refractivity contribution in [3.8, 4) is 0 Å². The Bertz CT molecular complexity index is 768. The van der Waals surface area contributed by atoms with Gasteiger partial charge in [0.15, 0.2) is 6.10 Å². The van der Waals surface area contributed by atoms with Gasteiger partial charge in [-0.15, -0.1) is 0 Å². The molecule has 0 fully saturated rings. The van der Waals surface area contributed by atoms with Gasteiger partial charge in [0.25, 0.3) is 0 Å². The van der Waals surface area contributed by atoms with Crippen LogP contribution in [0.2, 0.25) is 0 Å². The number of carbonyl (C=O) groups is 3. The van der Waals surface area contributed by atoms with Crippen molar-refractivity contribution in [1.29, 1.82) is 0 Å². The van der Waals surface area contributed by atoms with Gasteiger partial charge < -0.3 is 14.2 Å². The van der Waals surface area contributed by atoms with Crippen LogP contribution in [0.5, 0.6) is 0 Å². The van der Waals surface area contributed by atoms with E-state index in [9.17, 15) is 14.4 Å². The molecular weight excluding hydrogens is 648 g/mol. The average molecular weight is 737 g/mol. The Morgan fingerprint density at radius 1 is 0.308 bits per heavy atom. The van der Waals surface area contributed by atoms with Crippen molar-refractivity contribution in [3.63, 3.8) is 0 Å². The summed E-state index contributed by atoms with van der Waals surface area (Å²) in [7, 11) is 0. The van der Waals surface area contributed by atoms with Gasteiger partial charge >= 0.3 is 17.9 Å². The summed E-state index contributed by atoms with van der Waals surface area (Å²) >= 11 is 0. The van der Waals surface area contributed by atoms with Crippen molar-refractivity contribution in [2.24, 2.45) is 0 Å². The lowest BCUT2D eigenvalue weighted by molar-refractivity contribution is -0.167. The Kier molecular flexibility index (Phi) is 40.9. The number of hydrogen-bond acceptors (Lipinski definition) is 6. The minimum absolute atomic E-state index is 0.0629. The smallest absolute Gasteiger partial charge is 0.306 e. The number of ether oxygens (including phenoxy) is 3. The largest absolute Gasteiger partial charge is 0.462 e. The van der Waals surface area contributed by atoms with Crippen LogP contribution in [-0.4, -0.2) is 37.2 Å². The summed E-state index contributed by atoms with van der Waals surface area (Å²) < 4.78 is 16.7. The lowest BCUT2D eigenvalue weighted by atomic mass is 10.0. The number of hydrogen-bond donors (Lipinski definition) is 0. The maximum atomic E-state index is 12.6. The molecule has 0 radical (unpaired) electrons. The van der Waals surface area contributed by atoms with E-state index >= 15 is 0 Å². The molecule has 0 aliphatic carbocycles. The van der Waals surface area contributed by atoms with Crippen LogP contribution in [0.4, 0.5) is 0 Å².